The van der Waals surface area contributed by atoms with Crippen LogP contribution >= 0.6 is 0 Å². The summed E-state index contributed by atoms with van der Waals surface area (Å²) in [6, 6.07) is 15.6. The molecule has 0 saturated carbocycles. The number of sulfonamides is 1. The van der Waals surface area contributed by atoms with Crippen molar-refractivity contribution in [2.24, 2.45) is 0 Å². The van der Waals surface area contributed by atoms with E-state index in [-0.39, 0.29) is 10.6 Å². The van der Waals surface area contributed by atoms with E-state index in [4.69, 9.17) is 0 Å². The number of amides is 1. The first-order valence-corrected chi connectivity index (χ1v) is 10.5. The monoisotopic (exact) mass is 430 g/mol. The highest BCUT2D eigenvalue weighted by Crippen LogP contribution is 2.27. The molecule has 0 atom stereocenters. The molecule has 0 heterocycles. The van der Waals surface area contributed by atoms with Crippen LogP contribution in [0.2, 0.25) is 0 Å². The highest BCUT2D eigenvalue weighted by Gasteiger charge is 2.28. The fourth-order valence-corrected chi connectivity index (χ4v) is 4.52. The van der Waals surface area contributed by atoms with Crippen molar-refractivity contribution in [2.45, 2.75) is 18.7 Å². The first kappa shape index (κ1) is 21.4. The average molecular weight is 430 g/mol. The van der Waals surface area contributed by atoms with Gasteiger partial charge in [0, 0.05) is 6.07 Å². The van der Waals surface area contributed by atoms with Crippen LogP contribution in [-0.2, 0) is 14.8 Å². The minimum atomic E-state index is -4.07. The van der Waals surface area contributed by atoms with Gasteiger partial charge in [0.05, 0.1) is 16.3 Å². The van der Waals surface area contributed by atoms with E-state index in [1.165, 1.54) is 12.1 Å². The molecule has 1 amide bonds. The number of rotatable bonds is 6. The predicted octanol–water partition coefficient (Wildman–Crippen LogP) is 4.42. The lowest BCUT2D eigenvalue weighted by atomic mass is 10.1. The SMILES string of the molecule is Cc1ccc(N(CC(=O)Nc2ccc(F)cc2F)S(=O)(=O)c2ccccc2)c(C)c1. The molecule has 0 saturated heterocycles. The molecule has 0 aliphatic heterocycles. The molecular formula is C22H20F2N2O3S. The Hall–Kier alpha value is -3.26. The van der Waals surface area contributed by atoms with Gasteiger partial charge >= 0.3 is 0 Å². The highest BCUT2D eigenvalue weighted by molar-refractivity contribution is 7.92. The highest BCUT2D eigenvalue weighted by atomic mass is 32.2. The van der Waals surface area contributed by atoms with Crippen LogP contribution < -0.4 is 9.62 Å². The second-order valence-electron chi connectivity index (χ2n) is 6.79. The third kappa shape index (κ3) is 4.65. The molecule has 0 aliphatic carbocycles. The number of carbonyl (C=O) groups is 1. The quantitative estimate of drug-likeness (QED) is 0.630. The van der Waals surface area contributed by atoms with Crippen molar-refractivity contribution in [3.8, 4) is 0 Å². The maximum absolute atomic E-state index is 13.9. The second-order valence-corrected chi connectivity index (χ2v) is 8.65. The van der Waals surface area contributed by atoms with Gasteiger partial charge in [0.1, 0.15) is 18.2 Å². The number of anilines is 2. The molecule has 156 valence electrons. The van der Waals surface area contributed by atoms with E-state index in [1.807, 2.05) is 6.92 Å². The first-order chi connectivity index (χ1) is 14.2. The van der Waals surface area contributed by atoms with Gasteiger partial charge in [0.2, 0.25) is 5.91 Å². The zero-order valence-electron chi connectivity index (χ0n) is 16.4. The minimum absolute atomic E-state index is 0.0192. The van der Waals surface area contributed by atoms with Gasteiger partial charge in [0.25, 0.3) is 10.0 Å². The molecule has 8 heteroatoms. The van der Waals surface area contributed by atoms with Crippen molar-refractivity contribution in [1.29, 1.82) is 0 Å². The van der Waals surface area contributed by atoms with Crippen molar-refractivity contribution in [3.63, 3.8) is 0 Å². The lowest BCUT2D eigenvalue weighted by Crippen LogP contribution is -2.38. The van der Waals surface area contributed by atoms with Gasteiger partial charge in [-0.3, -0.25) is 9.10 Å². The molecule has 0 bridgehead atoms. The van der Waals surface area contributed by atoms with Crippen LogP contribution in [-0.4, -0.2) is 20.9 Å². The molecule has 0 unspecified atom stereocenters. The van der Waals surface area contributed by atoms with E-state index in [2.05, 4.69) is 5.32 Å². The van der Waals surface area contributed by atoms with Crippen LogP contribution in [0.5, 0.6) is 0 Å². The Labute approximate surface area is 174 Å². The Bertz CT molecular complexity index is 1180. The number of halogens is 2. The molecule has 0 radical (unpaired) electrons. The van der Waals surface area contributed by atoms with E-state index in [0.717, 1.165) is 22.0 Å². The summed E-state index contributed by atoms with van der Waals surface area (Å²) in [5, 5.41) is 2.31. The van der Waals surface area contributed by atoms with Gasteiger partial charge in [0.15, 0.2) is 0 Å². The van der Waals surface area contributed by atoms with E-state index in [0.29, 0.717) is 17.3 Å². The standard InChI is InChI=1S/C22H20F2N2O3S/c1-15-8-11-21(16(2)12-15)26(30(28,29)18-6-4-3-5-7-18)14-22(27)25-20-10-9-17(23)13-19(20)24/h3-13H,14H2,1-2H3,(H,25,27). The van der Waals surface area contributed by atoms with Crippen molar-refractivity contribution >= 4 is 27.3 Å². The molecule has 3 rings (SSSR count). The normalized spacial score (nSPS) is 11.2. The number of hydrogen-bond donors (Lipinski definition) is 1. The summed E-state index contributed by atoms with van der Waals surface area (Å²) in [5.41, 5.74) is 1.69. The largest absolute Gasteiger partial charge is 0.322 e. The molecule has 5 nitrogen and oxygen atoms in total. The third-order valence-electron chi connectivity index (χ3n) is 4.44. The second kappa shape index (κ2) is 8.62. The Morgan fingerprint density at radius 2 is 1.67 bits per heavy atom. The topological polar surface area (TPSA) is 66.5 Å². The lowest BCUT2D eigenvalue weighted by molar-refractivity contribution is -0.114. The van der Waals surface area contributed by atoms with E-state index in [1.54, 1.807) is 43.3 Å². The number of nitrogens with zero attached hydrogens (tertiary/aromatic N) is 1. The van der Waals surface area contributed by atoms with Crippen LogP contribution in [0.4, 0.5) is 20.2 Å². The maximum atomic E-state index is 13.9. The Morgan fingerprint density at radius 1 is 0.967 bits per heavy atom. The van der Waals surface area contributed by atoms with Crippen LogP contribution in [0.3, 0.4) is 0 Å². The summed E-state index contributed by atoms with van der Waals surface area (Å²) in [4.78, 5) is 12.6. The first-order valence-electron chi connectivity index (χ1n) is 9.08. The molecule has 3 aromatic rings. The third-order valence-corrected chi connectivity index (χ3v) is 6.22. The molecular weight excluding hydrogens is 410 g/mol. The minimum Gasteiger partial charge on any atom is -0.322 e. The summed E-state index contributed by atoms with van der Waals surface area (Å²) >= 11 is 0. The van der Waals surface area contributed by atoms with Gasteiger partial charge in [-0.25, -0.2) is 17.2 Å². The molecule has 0 aliphatic rings. The van der Waals surface area contributed by atoms with Crippen molar-refractivity contribution < 1.29 is 22.0 Å². The predicted molar refractivity (Wildman–Crippen MR) is 112 cm³/mol. The van der Waals surface area contributed by atoms with Gasteiger partial charge in [-0.1, -0.05) is 35.9 Å². The number of hydrogen-bond acceptors (Lipinski definition) is 3. The fourth-order valence-electron chi connectivity index (χ4n) is 3.02. The van der Waals surface area contributed by atoms with Gasteiger partial charge in [-0.05, 0) is 49.7 Å². The summed E-state index contributed by atoms with van der Waals surface area (Å²) in [6.45, 7) is 3.03. The summed E-state index contributed by atoms with van der Waals surface area (Å²) in [7, 11) is -4.07. The Morgan fingerprint density at radius 3 is 2.30 bits per heavy atom. The zero-order valence-corrected chi connectivity index (χ0v) is 17.2. The molecule has 0 aromatic heterocycles. The van der Waals surface area contributed by atoms with Crippen LogP contribution in [0.25, 0.3) is 0 Å². The van der Waals surface area contributed by atoms with Crippen LogP contribution in [0, 0.1) is 25.5 Å². The van der Waals surface area contributed by atoms with Crippen molar-refractivity contribution in [2.75, 3.05) is 16.2 Å². The van der Waals surface area contributed by atoms with E-state index < -0.39 is 34.1 Å². The van der Waals surface area contributed by atoms with Crippen molar-refractivity contribution in [3.05, 3.63) is 89.5 Å². The fraction of sp³-hybridized carbons (Fsp3) is 0.136. The molecule has 3 aromatic carbocycles. The Kier molecular flexibility index (Phi) is 6.17. The van der Waals surface area contributed by atoms with E-state index in [9.17, 15) is 22.0 Å². The average Bonchev–Trinajstić information content (AvgIpc) is 2.69. The van der Waals surface area contributed by atoms with Crippen molar-refractivity contribution in [1.82, 2.24) is 0 Å². The van der Waals surface area contributed by atoms with Gasteiger partial charge < -0.3 is 5.32 Å². The summed E-state index contributed by atoms with van der Waals surface area (Å²) in [5.74, 6) is -2.50. The number of aryl methyl sites for hydroxylation is 2. The smallest absolute Gasteiger partial charge is 0.264 e. The van der Waals surface area contributed by atoms with Gasteiger partial charge in [-0.2, -0.15) is 0 Å². The zero-order chi connectivity index (χ0) is 21.9. The van der Waals surface area contributed by atoms with Crippen LogP contribution in [0.1, 0.15) is 11.1 Å². The molecule has 1 N–H and O–H groups in total. The summed E-state index contributed by atoms with van der Waals surface area (Å²) < 4.78 is 54.6. The number of benzene rings is 3. The lowest BCUT2D eigenvalue weighted by Gasteiger charge is -2.26. The number of nitrogens with one attached hydrogen (secondary N) is 1. The van der Waals surface area contributed by atoms with Crippen LogP contribution in [0.15, 0.2) is 71.6 Å². The molecule has 0 fully saturated rings. The molecule has 30 heavy (non-hydrogen) atoms. The van der Waals surface area contributed by atoms with E-state index >= 15 is 0 Å². The Balaban J connectivity index is 1.98. The number of carbonyl (C=O) groups excluding carboxylic acids is 1. The van der Waals surface area contributed by atoms with Gasteiger partial charge in [-0.15, -0.1) is 0 Å². The summed E-state index contributed by atoms with van der Waals surface area (Å²) in [6.07, 6.45) is 0. The molecule has 0 spiro atoms. The maximum Gasteiger partial charge on any atom is 0.264 e.